The fourth-order valence-corrected chi connectivity index (χ4v) is 3.95. The Morgan fingerprint density at radius 1 is 1.10 bits per heavy atom. The van der Waals surface area contributed by atoms with Gasteiger partial charge in [-0.2, -0.15) is 0 Å². The number of nitrogens with one attached hydrogen (secondary N) is 1. The topological polar surface area (TPSA) is 85.1 Å². The van der Waals surface area contributed by atoms with Crippen LogP contribution in [-0.4, -0.2) is 13.4 Å². The maximum absolute atomic E-state index is 12.6. The molecule has 0 saturated heterocycles. The number of sulfonamides is 1. The molecule has 0 radical (unpaired) electrons. The first-order chi connectivity index (χ1) is 9.72. The fourth-order valence-electron chi connectivity index (χ4n) is 2.41. The minimum Gasteiger partial charge on any atom is -0.398 e. The molecule has 1 heterocycles. The number of nitrogens with zero attached hydrogens (tertiary/aromatic N) is 1. The van der Waals surface area contributed by atoms with Crippen molar-refractivity contribution in [3.8, 4) is 0 Å². The van der Waals surface area contributed by atoms with Crippen molar-refractivity contribution in [2.75, 3.05) is 10.5 Å². The van der Waals surface area contributed by atoms with Crippen LogP contribution in [0.3, 0.4) is 0 Å². The van der Waals surface area contributed by atoms with E-state index in [-0.39, 0.29) is 4.90 Å². The van der Waals surface area contributed by atoms with Crippen molar-refractivity contribution < 1.29 is 8.42 Å². The van der Waals surface area contributed by atoms with Gasteiger partial charge in [-0.1, -0.05) is 6.07 Å². The molecule has 0 aliphatic carbocycles. The Hall–Kier alpha value is -2.08. The van der Waals surface area contributed by atoms with Gasteiger partial charge in [-0.25, -0.2) is 8.42 Å². The number of benzene rings is 1. The van der Waals surface area contributed by atoms with Gasteiger partial charge in [-0.3, -0.25) is 9.71 Å². The van der Waals surface area contributed by atoms with E-state index in [0.717, 1.165) is 11.3 Å². The van der Waals surface area contributed by atoms with Crippen LogP contribution in [0.25, 0.3) is 0 Å². The highest BCUT2D eigenvalue weighted by Gasteiger charge is 2.22. The lowest BCUT2D eigenvalue weighted by atomic mass is 10.1. The van der Waals surface area contributed by atoms with Crippen LogP contribution in [0.15, 0.2) is 29.3 Å². The standard InChI is InChI=1S/C15H19N3O2S/c1-9-7-10(2)15(12(4)14(9)16)21(19,20)18-13-5-6-17-11(3)8-13/h5-8H,16H2,1-4H3,(H,17,18). The molecule has 112 valence electrons. The second-order valence-electron chi connectivity index (χ2n) is 5.17. The Morgan fingerprint density at radius 2 is 1.76 bits per heavy atom. The van der Waals surface area contributed by atoms with Gasteiger partial charge in [-0.15, -0.1) is 0 Å². The van der Waals surface area contributed by atoms with Gasteiger partial charge in [0.05, 0.1) is 10.6 Å². The molecule has 1 aromatic carbocycles. The van der Waals surface area contributed by atoms with Crippen LogP contribution in [0, 0.1) is 27.7 Å². The highest BCUT2D eigenvalue weighted by Crippen LogP contribution is 2.29. The molecule has 0 atom stereocenters. The predicted molar refractivity (Wildman–Crippen MR) is 84.8 cm³/mol. The van der Waals surface area contributed by atoms with Crippen LogP contribution in [0.1, 0.15) is 22.4 Å². The number of aryl methyl sites for hydroxylation is 3. The van der Waals surface area contributed by atoms with Crippen LogP contribution in [-0.2, 0) is 10.0 Å². The summed E-state index contributed by atoms with van der Waals surface area (Å²) in [5.74, 6) is 0. The van der Waals surface area contributed by atoms with Crippen LogP contribution < -0.4 is 10.5 Å². The lowest BCUT2D eigenvalue weighted by Gasteiger charge is -2.16. The smallest absolute Gasteiger partial charge is 0.262 e. The van der Waals surface area contributed by atoms with Crippen LogP contribution >= 0.6 is 0 Å². The first-order valence-corrected chi connectivity index (χ1v) is 8.02. The van der Waals surface area contributed by atoms with Crippen LogP contribution in [0.5, 0.6) is 0 Å². The number of nitrogens with two attached hydrogens (primary N) is 1. The van der Waals surface area contributed by atoms with Gasteiger partial charge in [0.2, 0.25) is 0 Å². The van der Waals surface area contributed by atoms with Crippen LogP contribution in [0.2, 0.25) is 0 Å². The van der Waals surface area contributed by atoms with E-state index in [1.165, 1.54) is 0 Å². The normalized spacial score (nSPS) is 11.4. The number of hydrogen-bond donors (Lipinski definition) is 2. The molecule has 0 saturated carbocycles. The molecule has 2 rings (SSSR count). The molecule has 0 fully saturated rings. The molecular formula is C15H19N3O2S. The van der Waals surface area contributed by atoms with E-state index in [1.807, 2.05) is 6.92 Å². The second-order valence-corrected chi connectivity index (χ2v) is 6.79. The molecule has 6 heteroatoms. The molecule has 2 aromatic rings. The lowest BCUT2D eigenvalue weighted by Crippen LogP contribution is -2.17. The summed E-state index contributed by atoms with van der Waals surface area (Å²) in [5.41, 5.74) is 9.83. The van der Waals surface area contributed by atoms with Crippen molar-refractivity contribution in [2.24, 2.45) is 0 Å². The van der Waals surface area contributed by atoms with Gasteiger partial charge in [0, 0.05) is 17.6 Å². The zero-order valence-corrected chi connectivity index (χ0v) is 13.4. The molecular weight excluding hydrogens is 286 g/mol. The van der Waals surface area contributed by atoms with E-state index in [1.54, 1.807) is 45.2 Å². The molecule has 0 bridgehead atoms. The molecule has 0 aliphatic heterocycles. The molecule has 0 spiro atoms. The van der Waals surface area contributed by atoms with Crippen LogP contribution in [0.4, 0.5) is 11.4 Å². The van der Waals surface area contributed by atoms with Gasteiger partial charge in [0.1, 0.15) is 0 Å². The second kappa shape index (κ2) is 5.37. The maximum atomic E-state index is 12.6. The highest BCUT2D eigenvalue weighted by molar-refractivity contribution is 7.92. The molecule has 0 unspecified atom stereocenters. The quantitative estimate of drug-likeness (QED) is 0.854. The van der Waals surface area contributed by atoms with Crippen molar-refractivity contribution in [1.82, 2.24) is 4.98 Å². The maximum Gasteiger partial charge on any atom is 0.262 e. The predicted octanol–water partition coefficient (Wildman–Crippen LogP) is 2.70. The molecule has 1 aromatic heterocycles. The number of nitrogen functional groups attached to an aromatic ring is 1. The summed E-state index contributed by atoms with van der Waals surface area (Å²) in [6.45, 7) is 7.16. The van der Waals surface area contributed by atoms with E-state index in [0.29, 0.717) is 22.5 Å². The minimum atomic E-state index is -3.69. The van der Waals surface area contributed by atoms with Gasteiger partial charge in [-0.05, 0) is 56.5 Å². The minimum absolute atomic E-state index is 0.236. The first-order valence-electron chi connectivity index (χ1n) is 6.54. The van der Waals surface area contributed by atoms with Gasteiger partial charge in [0.15, 0.2) is 0 Å². The van der Waals surface area contributed by atoms with E-state index in [9.17, 15) is 8.42 Å². The van der Waals surface area contributed by atoms with E-state index in [2.05, 4.69) is 9.71 Å². The van der Waals surface area contributed by atoms with Gasteiger partial charge >= 0.3 is 0 Å². The number of rotatable bonds is 3. The highest BCUT2D eigenvalue weighted by atomic mass is 32.2. The monoisotopic (exact) mass is 305 g/mol. The van der Waals surface area contributed by atoms with Gasteiger partial charge < -0.3 is 5.73 Å². The van der Waals surface area contributed by atoms with Crippen molar-refractivity contribution >= 4 is 21.4 Å². The molecule has 21 heavy (non-hydrogen) atoms. The molecule has 3 N–H and O–H groups in total. The summed E-state index contributed by atoms with van der Waals surface area (Å²) in [4.78, 5) is 4.28. The average molecular weight is 305 g/mol. The summed E-state index contributed by atoms with van der Waals surface area (Å²) >= 11 is 0. The Kier molecular flexibility index (Phi) is 3.91. The summed E-state index contributed by atoms with van der Waals surface area (Å²) in [6, 6.07) is 5.08. The fraction of sp³-hybridized carbons (Fsp3) is 0.267. The number of hydrogen-bond acceptors (Lipinski definition) is 4. The Labute approximate surface area is 125 Å². The third-order valence-electron chi connectivity index (χ3n) is 3.38. The first kappa shape index (κ1) is 15.3. The summed E-state index contributed by atoms with van der Waals surface area (Å²) in [7, 11) is -3.69. The number of pyridine rings is 1. The van der Waals surface area contributed by atoms with Crippen molar-refractivity contribution in [1.29, 1.82) is 0 Å². The molecule has 0 amide bonds. The lowest BCUT2D eigenvalue weighted by molar-refractivity contribution is 0.600. The zero-order chi connectivity index (χ0) is 15.8. The van der Waals surface area contributed by atoms with Crippen molar-refractivity contribution in [3.63, 3.8) is 0 Å². The van der Waals surface area contributed by atoms with Crippen molar-refractivity contribution in [2.45, 2.75) is 32.6 Å². The molecule has 5 nitrogen and oxygen atoms in total. The van der Waals surface area contributed by atoms with Crippen molar-refractivity contribution in [3.05, 3.63) is 46.8 Å². The number of anilines is 2. The Morgan fingerprint density at radius 3 is 2.38 bits per heavy atom. The largest absolute Gasteiger partial charge is 0.398 e. The third-order valence-corrected chi connectivity index (χ3v) is 5.05. The van der Waals surface area contributed by atoms with E-state index >= 15 is 0 Å². The summed E-state index contributed by atoms with van der Waals surface area (Å²) < 4.78 is 27.8. The Balaban J connectivity index is 2.53. The SMILES string of the molecule is Cc1cc(NS(=O)(=O)c2c(C)cc(C)c(N)c2C)ccn1. The van der Waals surface area contributed by atoms with Gasteiger partial charge in [0.25, 0.3) is 10.0 Å². The zero-order valence-electron chi connectivity index (χ0n) is 12.6. The number of aromatic nitrogens is 1. The third kappa shape index (κ3) is 3.00. The summed E-state index contributed by atoms with van der Waals surface area (Å²) in [5, 5.41) is 0. The summed E-state index contributed by atoms with van der Waals surface area (Å²) in [6.07, 6.45) is 1.57. The molecule has 0 aliphatic rings. The van der Waals surface area contributed by atoms with E-state index in [4.69, 9.17) is 5.73 Å². The van der Waals surface area contributed by atoms with E-state index < -0.39 is 10.0 Å². The Bertz CT molecular complexity index is 799. The average Bonchev–Trinajstić information content (AvgIpc) is 2.35.